The summed E-state index contributed by atoms with van der Waals surface area (Å²) in [7, 11) is 0. The second kappa shape index (κ2) is 4.76. The normalized spacial score (nSPS) is 17.8. The van der Waals surface area contributed by atoms with Crippen molar-refractivity contribution in [3.05, 3.63) is 41.2 Å². The summed E-state index contributed by atoms with van der Waals surface area (Å²) in [5.41, 5.74) is 2.41. The van der Waals surface area contributed by atoms with E-state index in [4.69, 9.17) is 0 Å². The van der Waals surface area contributed by atoms with Crippen molar-refractivity contribution in [2.45, 2.75) is 32.4 Å². The Kier molecular flexibility index (Phi) is 3.06. The van der Waals surface area contributed by atoms with Gasteiger partial charge >= 0.3 is 5.97 Å². The fourth-order valence-electron chi connectivity index (χ4n) is 2.69. The van der Waals surface area contributed by atoms with Gasteiger partial charge in [-0.3, -0.25) is 0 Å². The molecule has 0 amide bonds. The molecule has 1 unspecified atom stereocenters. The van der Waals surface area contributed by atoms with Gasteiger partial charge in [-0.25, -0.2) is 9.78 Å². The Bertz CT molecular complexity index is 659. The fourth-order valence-corrected chi connectivity index (χ4v) is 2.69. The highest BCUT2D eigenvalue weighted by molar-refractivity contribution is 5.88. The molecule has 1 aliphatic heterocycles. The fraction of sp³-hybridized carbons (Fsp3) is 0.333. The number of aliphatic hydroxyl groups excluding tert-OH is 1. The Labute approximate surface area is 116 Å². The van der Waals surface area contributed by atoms with E-state index in [9.17, 15) is 15.0 Å². The van der Waals surface area contributed by atoms with E-state index in [1.807, 2.05) is 35.8 Å². The van der Waals surface area contributed by atoms with Gasteiger partial charge in [-0.05, 0) is 19.8 Å². The van der Waals surface area contributed by atoms with Crippen molar-refractivity contribution < 1.29 is 15.0 Å². The second-order valence-corrected chi connectivity index (χ2v) is 5.15. The summed E-state index contributed by atoms with van der Waals surface area (Å²) in [6, 6.07) is 7.79. The van der Waals surface area contributed by atoms with Crippen molar-refractivity contribution in [2.75, 3.05) is 0 Å². The van der Waals surface area contributed by atoms with Crippen LogP contribution in [0.3, 0.4) is 0 Å². The Balaban J connectivity index is 2.19. The molecule has 2 N–H and O–H groups in total. The molecule has 1 aromatic carbocycles. The first kappa shape index (κ1) is 12.9. The monoisotopic (exact) mass is 272 g/mol. The van der Waals surface area contributed by atoms with Crippen LogP contribution in [0.2, 0.25) is 0 Å². The van der Waals surface area contributed by atoms with E-state index in [0.29, 0.717) is 24.5 Å². The van der Waals surface area contributed by atoms with Gasteiger partial charge in [0, 0.05) is 12.1 Å². The molecular formula is C15H16N2O3. The number of aromatic nitrogens is 2. The lowest BCUT2D eigenvalue weighted by Crippen LogP contribution is -2.18. The number of benzene rings is 1. The quantitative estimate of drug-likeness (QED) is 0.880. The third-order valence-electron chi connectivity index (χ3n) is 3.69. The Morgan fingerprint density at radius 3 is 2.70 bits per heavy atom. The lowest BCUT2D eigenvalue weighted by molar-refractivity contribution is 0.0677. The lowest BCUT2D eigenvalue weighted by Gasteiger charge is -2.21. The summed E-state index contributed by atoms with van der Waals surface area (Å²) in [4.78, 5) is 15.6. The number of hydrogen-bond acceptors (Lipinski definition) is 3. The van der Waals surface area contributed by atoms with Crippen molar-refractivity contribution in [2.24, 2.45) is 0 Å². The predicted molar refractivity (Wildman–Crippen MR) is 73.6 cm³/mol. The number of carboxylic acids is 1. The number of rotatable bonds is 2. The average Bonchev–Trinajstić information content (AvgIpc) is 2.81. The smallest absolute Gasteiger partial charge is 0.356 e. The van der Waals surface area contributed by atoms with Gasteiger partial charge in [0.25, 0.3) is 0 Å². The highest BCUT2D eigenvalue weighted by Crippen LogP contribution is 2.33. The molecule has 104 valence electrons. The zero-order valence-corrected chi connectivity index (χ0v) is 11.2. The molecule has 0 saturated heterocycles. The number of carbonyl (C=O) groups is 1. The average molecular weight is 272 g/mol. The largest absolute Gasteiger partial charge is 0.476 e. The van der Waals surface area contributed by atoms with Crippen LogP contribution in [0.5, 0.6) is 0 Å². The molecule has 0 fully saturated rings. The highest BCUT2D eigenvalue weighted by Gasteiger charge is 2.29. The van der Waals surface area contributed by atoms with Crippen LogP contribution in [0, 0.1) is 6.92 Å². The molecule has 0 saturated carbocycles. The molecule has 1 aromatic heterocycles. The van der Waals surface area contributed by atoms with E-state index in [0.717, 1.165) is 17.5 Å². The molecule has 5 nitrogen and oxygen atoms in total. The number of aryl methyl sites for hydroxylation is 1. The first-order valence-electron chi connectivity index (χ1n) is 6.66. The van der Waals surface area contributed by atoms with Crippen molar-refractivity contribution >= 4 is 5.97 Å². The third kappa shape index (κ3) is 2.00. The summed E-state index contributed by atoms with van der Waals surface area (Å²) in [5.74, 6) is -0.468. The number of carboxylic acid groups (broad SMARTS) is 1. The lowest BCUT2D eigenvalue weighted by atomic mass is 10.0. The van der Waals surface area contributed by atoms with E-state index >= 15 is 0 Å². The molecule has 2 heterocycles. The van der Waals surface area contributed by atoms with Gasteiger partial charge in [0.1, 0.15) is 5.82 Å². The summed E-state index contributed by atoms with van der Waals surface area (Å²) in [5, 5.41) is 19.3. The maximum atomic E-state index is 11.3. The van der Waals surface area contributed by atoms with Crippen LogP contribution in [0.1, 0.15) is 40.7 Å². The molecule has 0 spiro atoms. The summed E-state index contributed by atoms with van der Waals surface area (Å²) in [6.45, 7) is 2.69. The summed E-state index contributed by atoms with van der Waals surface area (Å²) < 4.78 is 1.84. The van der Waals surface area contributed by atoms with Crippen LogP contribution in [0.25, 0.3) is 11.4 Å². The number of imidazole rings is 1. The maximum absolute atomic E-state index is 11.3. The molecule has 5 heteroatoms. The highest BCUT2D eigenvalue weighted by atomic mass is 16.4. The Hall–Kier alpha value is -2.14. The van der Waals surface area contributed by atoms with Crippen LogP contribution in [-0.2, 0) is 6.54 Å². The van der Waals surface area contributed by atoms with Gasteiger partial charge in [-0.1, -0.05) is 29.8 Å². The molecular weight excluding hydrogens is 256 g/mol. The molecule has 0 aliphatic carbocycles. The van der Waals surface area contributed by atoms with Gasteiger partial charge in [0.2, 0.25) is 0 Å². The number of hydrogen-bond donors (Lipinski definition) is 2. The second-order valence-electron chi connectivity index (χ2n) is 5.15. The van der Waals surface area contributed by atoms with Crippen LogP contribution < -0.4 is 0 Å². The van der Waals surface area contributed by atoms with Crippen molar-refractivity contribution in [3.8, 4) is 11.4 Å². The third-order valence-corrected chi connectivity index (χ3v) is 3.69. The van der Waals surface area contributed by atoms with Crippen LogP contribution >= 0.6 is 0 Å². The van der Waals surface area contributed by atoms with Crippen molar-refractivity contribution in [3.63, 3.8) is 0 Å². The molecule has 0 bridgehead atoms. The van der Waals surface area contributed by atoms with Gasteiger partial charge in [0.15, 0.2) is 5.69 Å². The molecule has 3 rings (SSSR count). The molecule has 1 aliphatic rings. The SMILES string of the molecule is Cc1ccc(-c2nc(C(=O)O)c3n2CCCC3O)cc1. The Morgan fingerprint density at radius 2 is 2.05 bits per heavy atom. The first-order valence-corrected chi connectivity index (χ1v) is 6.66. The summed E-state index contributed by atoms with van der Waals surface area (Å²) in [6.07, 6.45) is 0.656. The van der Waals surface area contributed by atoms with E-state index in [1.165, 1.54) is 0 Å². The van der Waals surface area contributed by atoms with E-state index in [-0.39, 0.29) is 5.69 Å². The number of nitrogens with zero attached hydrogens (tertiary/aromatic N) is 2. The summed E-state index contributed by atoms with van der Waals surface area (Å²) >= 11 is 0. The number of aromatic carboxylic acids is 1. The van der Waals surface area contributed by atoms with E-state index in [1.54, 1.807) is 0 Å². The first-order chi connectivity index (χ1) is 9.58. The van der Waals surface area contributed by atoms with Crippen molar-refractivity contribution in [1.29, 1.82) is 0 Å². The minimum Gasteiger partial charge on any atom is -0.476 e. The van der Waals surface area contributed by atoms with Gasteiger partial charge < -0.3 is 14.8 Å². The van der Waals surface area contributed by atoms with Crippen molar-refractivity contribution in [1.82, 2.24) is 9.55 Å². The number of fused-ring (bicyclic) bond motifs is 1. The van der Waals surface area contributed by atoms with E-state index in [2.05, 4.69) is 4.98 Å². The van der Waals surface area contributed by atoms with Crippen LogP contribution in [0.15, 0.2) is 24.3 Å². The predicted octanol–water partition coefficient (Wildman–Crippen LogP) is 2.38. The van der Waals surface area contributed by atoms with Gasteiger partial charge in [-0.15, -0.1) is 0 Å². The maximum Gasteiger partial charge on any atom is 0.356 e. The Morgan fingerprint density at radius 1 is 1.35 bits per heavy atom. The topological polar surface area (TPSA) is 75.3 Å². The minimum absolute atomic E-state index is 0.0345. The molecule has 2 aromatic rings. The van der Waals surface area contributed by atoms with E-state index < -0.39 is 12.1 Å². The molecule has 20 heavy (non-hydrogen) atoms. The standard InChI is InChI=1S/C15H16N2O3/c1-9-4-6-10(7-5-9)14-16-12(15(19)20)13-11(18)3-2-8-17(13)14/h4-7,11,18H,2-3,8H2,1H3,(H,19,20). The van der Waals surface area contributed by atoms with Crippen LogP contribution in [-0.4, -0.2) is 25.7 Å². The van der Waals surface area contributed by atoms with Crippen LogP contribution in [0.4, 0.5) is 0 Å². The zero-order chi connectivity index (χ0) is 14.3. The zero-order valence-electron chi connectivity index (χ0n) is 11.2. The number of aliphatic hydroxyl groups is 1. The van der Waals surface area contributed by atoms with Gasteiger partial charge in [0.05, 0.1) is 11.8 Å². The molecule has 1 atom stereocenters. The molecule has 0 radical (unpaired) electrons. The minimum atomic E-state index is -1.09. The van der Waals surface area contributed by atoms with Gasteiger partial charge in [-0.2, -0.15) is 0 Å².